The van der Waals surface area contributed by atoms with Crippen LogP contribution in [0.25, 0.3) is 0 Å². The molecule has 1 saturated heterocycles. The Labute approximate surface area is 84.3 Å². The molecule has 1 N–H and O–H groups in total. The number of Topliss-reactive ketones (excluding diaryl/α,β-unsaturated/α-hetero) is 1. The van der Waals surface area contributed by atoms with Crippen molar-refractivity contribution in [2.45, 2.75) is 19.4 Å². The third kappa shape index (κ3) is 1.70. The fourth-order valence-corrected chi connectivity index (χ4v) is 2.01. The van der Waals surface area contributed by atoms with Crippen molar-refractivity contribution in [3.05, 3.63) is 35.9 Å². The van der Waals surface area contributed by atoms with Crippen LogP contribution < -0.4 is 5.32 Å². The van der Waals surface area contributed by atoms with E-state index in [1.807, 2.05) is 25.1 Å². The molecular weight excluding hydrogens is 174 g/mol. The second-order valence-corrected chi connectivity index (χ2v) is 3.85. The Morgan fingerprint density at radius 1 is 1.29 bits per heavy atom. The minimum atomic E-state index is 0.103. The predicted molar refractivity (Wildman–Crippen MR) is 56.0 cm³/mol. The summed E-state index contributed by atoms with van der Waals surface area (Å²) < 4.78 is 0. The molecule has 1 fully saturated rings. The first-order valence-corrected chi connectivity index (χ1v) is 5.10. The predicted octanol–water partition coefficient (Wildman–Crippen LogP) is 1.93. The van der Waals surface area contributed by atoms with Crippen molar-refractivity contribution < 1.29 is 4.79 Å². The molecule has 1 aliphatic rings. The Kier molecular flexibility index (Phi) is 2.64. The molecule has 2 nitrogen and oxygen atoms in total. The van der Waals surface area contributed by atoms with Crippen molar-refractivity contribution in [3.63, 3.8) is 0 Å². The van der Waals surface area contributed by atoms with E-state index in [9.17, 15) is 4.79 Å². The third-order valence-corrected chi connectivity index (χ3v) is 2.90. The van der Waals surface area contributed by atoms with Crippen LogP contribution in [0, 0.1) is 5.92 Å². The molecule has 0 bridgehead atoms. The van der Waals surface area contributed by atoms with Crippen molar-refractivity contribution in [1.82, 2.24) is 5.32 Å². The van der Waals surface area contributed by atoms with E-state index in [4.69, 9.17) is 0 Å². The number of nitrogens with one attached hydrogen (secondary N) is 1. The highest BCUT2D eigenvalue weighted by molar-refractivity contribution is 5.82. The van der Waals surface area contributed by atoms with Crippen molar-refractivity contribution in [1.29, 1.82) is 0 Å². The zero-order valence-electron chi connectivity index (χ0n) is 8.36. The lowest BCUT2D eigenvalue weighted by atomic mass is 9.87. The number of rotatable bonds is 1. The number of benzene rings is 1. The lowest BCUT2D eigenvalue weighted by molar-refractivity contribution is -0.124. The normalized spacial score (nSPS) is 27.6. The molecule has 0 radical (unpaired) electrons. The SMILES string of the molecule is C[C@H]1C(=O)CCN[C@H]1c1ccccc1. The molecule has 14 heavy (non-hydrogen) atoms. The van der Waals surface area contributed by atoms with Crippen molar-refractivity contribution >= 4 is 5.78 Å². The van der Waals surface area contributed by atoms with E-state index < -0.39 is 0 Å². The summed E-state index contributed by atoms with van der Waals surface area (Å²) in [6.45, 7) is 2.81. The molecule has 2 heteroatoms. The number of ketones is 1. The highest BCUT2D eigenvalue weighted by Crippen LogP contribution is 2.26. The Bertz CT molecular complexity index is 320. The van der Waals surface area contributed by atoms with Gasteiger partial charge in [-0.1, -0.05) is 37.3 Å². The number of piperidine rings is 1. The zero-order valence-corrected chi connectivity index (χ0v) is 8.36. The summed E-state index contributed by atoms with van der Waals surface area (Å²) in [7, 11) is 0. The third-order valence-electron chi connectivity index (χ3n) is 2.90. The second-order valence-electron chi connectivity index (χ2n) is 3.85. The molecule has 2 atom stereocenters. The van der Waals surface area contributed by atoms with Gasteiger partial charge in [-0.2, -0.15) is 0 Å². The fourth-order valence-electron chi connectivity index (χ4n) is 2.01. The molecule has 0 saturated carbocycles. The van der Waals surface area contributed by atoms with Crippen LogP contribution in [-0.4, -0.2) is 12.3 Å². The molecule has 0 aliphatic carbocycles. The fraction of sp³-hybridized carbons (Fsp3) is 0.417. The van der Waals surface area contributed by atoms with Gasteiger partial charge in [0.1, 0.15) is 5.78 Å². The van der Waals surface area contributed by atoms with Gasteiger partial charge in [0.05, 0.1) is 0 Å². The Morgan fingerprint density at radius 2 is 2.00 bits per heavy atom. The second kappa shape index (κ2) is 3.93. The van der Waals surface area contributed by atoms with E-state index >= 15 is 0 Å². The molecular formula is C12H15NO. The van der Waals surface area contributed by atoms with E-state index in [1.165, 1.54) is 5.56 Å². The maximum atomic E-state index is 11.5. The molecule has 1 heterocycles. The molecule has 0 spiro atoms. The van der Waals surface area contributed by atoms with Crippen LogP contribution in [-0.2, 0) is 4.79 Å². The average Bonchev–Trinajstić information content (AvgIpc) is 2.23. The van der Waals surface area contributed by atoms with Gasteiger partial charge in [-0.05, 0) is 5.56 Å². The molecule has 0 aromatic heterocycles. The van der Waals surface area contributed by atoms with Gasteiger partial charge in [0.25, 0.3) is 0 Å². The molecule has 0 unspecified atom stereocenters. The lowest BCUT2D eigenvalue weighted by Gasteiger charge is -2.29. The van der Waals surface area contributed by atoms with Crippen molar-refractivity contribution in [2.24, 2.45) is 5.92 Å². The van der Waals surface area contributed by atoms with Gasteiger partial charge >= 0.3 is 0 Å². The van der Waals surface area contributed by atoms with Crippen LogP contribution in [0.3, 0.4) is 0 Å². The Hall–Kier alpha value is -1.15. The summed E-state index contributed by atoms with van der Waals surface area (Å²) in [6.07, 6.45) is 0.671. The van der Waals surface area contributed by atoms with Crippen LogP contribution in [0.1, 0.15) is 24.9 Å². The highest BCUT2D eigenvalue weighted by Gasteiger charge is 2.28. The summed E-state index contributed by atoms with van der Waals surface area (Å²) in [5.41, 5.74) is 1.22. The smallest absolute Gasteiger partial charge is 0.138 e. The lowest BCUT2D eigenvalue weighted by Crippen LogP contribution is -2.38. The summed E-state index contributed by atoms with van der Waals surface area (Å²) in [5.74, 6) is 0.476. The Morgan fingerprint density at radius 3 is 2.71 bits per heavy atom. The number of hydrogen-bond acceptors (Lipinski definition) is 2. The van der Waals surface area contributed by atoms with Crippen molar-refractivity contribution in [2.75, 3.05) is 6.54 Å². The van der Waals surface area contributed by atoms with E-state index in [0.717, 1.165) is 6.54 Å². The highest BCUT2D eigenvalue weighted by atomic mass is 16.1. The summed E-state index contributed by atoms with van der Waals surface area (Å²) in [5, 5.41) is 3.39. The standard InChI is InChI=1S/C12H15NO/c1-9-11(14)7-8-13-12(9)10-5-3-2-4-6-10/h2-6,9,12-13H,7-8H2,1H3/t9-,12+/m0/s1. The first kappa shape index (κ1) is 9.41. The van der Waals surface area contributed by atoms with Gasteiger partial charge in [0, 0.05) is 24.9 Å². The van der Waals surface area contributed by atoms with Crippen LogP contribution in [0.15, 0.2) is 30.3 Å². The number of carbonyl (C=O) groups is 1. The molecule has 2 rings (SSSR count). The molecule has 74 valence electrons. The summed E-state index contributed by atoms with van der Waals surface area (Å²) >= 11 is 0. The number of hydrogen-bond donors (Lipinski definition) is 1. The summed E-state index contributed by atoms with van der Waals surface area (Å²) in [6, 6.07) is 10.4. The first-order chi connectivity index (χ1) is 6.79. The maximum absolute atomic E-state index is 11.5. The number of carbonyl (C=O) groups excluding carboxylic acids is 1. The minimum Gasteiger partial charge on any atom is -0.309 e. The van der Waals surface area contributed by atoms with Crippen LogP contribution in [0.4, 0.5) is 0 Å². The monoisotopic (exact) mass is 189 g/mol. The molecule has 0 amide bonds. The Balaban J connectivity index is 2.22. The maximum Gasteiger partial charge on any atom is 0.138 e. The van der Waals surface area contributed by atoms with Gasteiger partial charge in [0.2, 0.25) is 0 Å². The van der Waals surface area contributed by atoms with Gasteiger partial charge < -0.3 is 5.32 Å². The topological polar surface area (TPSA) is 29.1 Å². The van der Waals surface area contributed by atoms with Crippen LogP contribution in [0.2, 0.25) is 0 Å². The zero-order chi connectivity index (χ0) is 9.97. The van der Waals surface area contributed by atoms with Gasteiger partial charge in [-0.15, -0.1) is 0 Å². The van der Waals surface area contributed by atoms with E-state index in [-0.39, 0.29) is 12.0 Å². The largest absolute Gasteiger partial charge is 0.309 e. The first-order valence-electron chi connectivity index (χ1n) is 5.10. The van der Waals surface area contributed by atoms with E-state index in [0.29, 0.717) is 12.2 Å². The van der Waals surface area contributed by atoms with E-state index in [2.05, 4.69) is 17.4 Å². The van der Waals surface area contributed by atoms with Gasteiger partial charge in [0.15, 0.2) is 0 Å². The van der Waals surface area contributed by atoms with Gasteiger partial charge in [-0.25, -0.2) is 0 Å². The quantitative estimate of drug-likeness (QED) is 0.731. The molecule has 1 aromatic rings. The average molecular weight is 189 g/mol. The van der Waals surface area contributed by atoms with Crippen LogP contribution in [0.5, 0.6) is 0 Å². The van der Waals surface area contributed by atoms with Crippen molar-refractivity contribution in [3.8, 4) is 0 Å². The molecule has 1 aliphatic heterocycles. The van der Waals surface area contributed by atoms with E-state index in [1.54, 1.807) is 0 Å². The molecule has 1 aromatic carbocycles. The van der Waals surface area contributed by atoms with Gasteiger partial charge in [-0.3, -0.25) is 4.79 Å². The van der Waals surface area contributed by atoms with Crippen LogP contribution >= 0.6 is 0 Å². The summed E-state index contributed by atoms with van der Waals surface area (Å²) in [4.78, 5) is 11.5. The minimum absolute atomic E-state index is 0.103.